The lowest BCUT2D eigenvalue weighted by molar-refractivity contribution is 0.0992. The van der Waals surface area contributed by atoms with Crippen LogP contribution in [0, 0.1) is 0 Å². The van der Waals surface area contributed by atoms with Crippen LogP contribution in [0.3, 0.4) is 0 Å². The number of nitrogens with one attached hydrogen (secondary N) is 1. The number of aliphatic imine (C=N–C) groups is 1. The fourth-order valence-electron chi connectivity index (χ4n) is 3.49. The molecule has 0 aliphatic carbocycles. The number of benzene rings is 3. The van der Waals surface area contributed by atoms with E-state index >= 15 is 0 Å². The summed E-state index contributed by atoms with van der Waals surface area (Å²) in [6.45, 7) is 0.733. The van der Waals surface area contributed by atoms with Crippen LogP contribution in [0.2, 0.25) is 0 Å². The Balaban J connectivity index is 1.35. The predicted octanol–water partition coefficient (Wildman–Crippen LogP) is 4.86. The molecule has 1 aromatic heterocycles. The zero-order valence-electron chi connectivity index (χ0n) is 17.2. The summed E-state index contributed by atoms with van der Waals surface area (Å²) in [4.78, 5) is 18.6. The van der Waals surface area contributed by atoms with Crippen LogP contribution in [0.5, 0.6) is 5.75 Å². The highest BCUT2D eigenvalue weighted by Gasteiger charge is 2.16. The quantitative estimate of drug-likeness (QED) is 0.461. The molecular weight excluding hydrogens is 422 g/mol. The maximum Gasteiger partial charge on any atom is 0.258 e. The number of fused-ring (bicyclic) bond motifs is 1. The number of aromatic hydroxyl groups is 1. The van der Waals surface area contributed by atoms with Crippen LogP contribution in [0.1, 0.15) is 21.5 Å². The summed E-state index contributed by atoms with van der Waals surface area (Å²) >= 11 is 1.44. The number of hydrogen-bond acceptors (Lipinski definition) is 7. The van der Waals surface area contributed by atoms with Crippen LogP contribution < -0.4 is 10.2 Å². The summed E-state index contributed by atoms with van der Waals surface area (Å²) in [5, 5.41) is 23.0. The molecular formula is C24H19N5O2S. The molecule has 0 spiro atoms. The van der Waals surface area contributed by atoms with Crippen LogP contribution in [-0.4, -0.2) is 34.5 Å². The minimum Gasteiger partial charge on any atom is -0.508 e. The summed E-state index contributed by atoms with van der Waals surface area (Å²) in [5.74, 6) is -0.152. The van der Waals surface area contributed by atoms with Crippen LogP contribution in [-0.2, 0) is 6.54 Å². The fourth-order valence-corrected chi connectivity index (χ4v) is 4.25. The number of carbonyl (C=O) groups is 1. The molecule has 0 atom stereocenters. The number of anilines is 3. The molecule has 1 aliphatic heterocycles. The molecule has 3 aromatic carbocycles. The fraction of sp³-hybridized carbons (Fsp3) is 0.0833. The molecule has 1 amide bonds. The van der Waals surface area contributed by atoms with Crippen molar-refractivity contribution in [1.29, 1.82) is 0 Å². The van der Waals surface area contributed by atoms with Crippen LogP contribution >= 0.6 is 11.3 Å². The van der Waals surface area contributed by atoms with Crippen molar-refractivity contribution in [3.8, 4) is 16.3 Å². The molecule has 0 unspecified atom stereocenters. The van der Waals surface area contributed by atoms with E-state index in [0.29, 0.717) is 10.7 Å². The van der Waals surface area contributed by atoms with E-state index in [1.807, 2.05) is 36.5 Å². The topological polar surface area (TPSA) is 90.7 Å². The van der Waals surface area contributed by atoms with E-state index in [0.717, 1.165) is 34.1 Å². The van der Waals surface area contributed by atoms with Gasteiger partial charge in [-0.25, -0.2) is 0 Å². The van der Waals surface area contributed by atoms with E-state index in [4.69, 9.17) is 0 Å². The average molecular weight is 442 g/mol. The highest BCUT2D eigenvalue weighted by molar-refractivity contribution is 7.18. The summed E-state index contributed by atoms with van der Waals surface area (Å²) in [6.07, 6.45) is 1.88. The van der Waals surface area contributed by atoms with Gasteiger partial charge in [-0.3, -0.25) is 9.79 Å². The standard InChI is InChI=1S/C24H19N5O2S/c1-29(23(31)16-5-3-7-21(30)12-16)20-6-2-4-15(11-20)22-27-28-24(32-22)26-19-9-8-17-13-25-14-18(17)10-19/h2-12,14,30H,13H2,1H3,(H,26,28). The number of amides is 1. The third-order valence-corrected chi connectivity index (χ3v) is 6.08. The van der Waals surface area contributed by atoms with Gasteiger partial charge in [0.15, 0.2) is 0 Å². The number of carbonyl (C=O) groups excluding carboxylic acids is 1. The highest BCUT2D eigenvalue weighted by atomic mass is 32.1. The van der Waals surface area contributed by atoms with E-state index in [9.17, 15) is 9.90 Å². The van der Waals surface area contributed by atoms with E-state index in [2.05, 4.69) is 32.6 Å². The maximum absolute atomic E-state index is 12.8. The molecule has 0 saturated carbocycles. The minimum atomic E-state index is -0.210. The van der Waals surface area contributed by atoms with Gasteiger partial charge in [-0.05, 0) is 53.6 Å². The Kier molecular flexibility index (Phi) is 5.12. The van der Waals surface area contributed by atoms with Gasteiger partial charge in [-0.1, -0.05) is 35.6 Å². The van der Waals surface area contributed by atoms with E-state index in [1.54, 1.807) is 24.1 Å². The largest absolute Gasteiger partial charge is 0.508 e. The number of nitrogens with zero attached hydrogens (tertiary/aromatic N) is 4. The smallest absolute Gasteiger partial charge is 0.258 e. The minimum absolute atomic E-state index is 0.0579. The van der Waals surface area contributed by atoms with Crippen molar-refractivity contribution in [3.63, 3.8) is 0 Å². The van der Waals surface area contributed by atoms with Crippen molar-refractivity contribution in [2.75, 3.05) is 17.3 Å². The summed E-state index contributed by atoms with van der Waals surface area (Å²) in [5.41, 5.74) is 5.27. The average Bonchev–Trinajstić information content (AvgIpc) is 3.47. The van der Waals surface area contributed by atoms with Crippen molar-refractivity contribution in [2.24, 2.45) is 4.99 Å². The third-order valence-electron chi connectivity index (χ3n) is 5.19. The lowest BCUT2D eigenvalue weighted by Gasteiger charge is -2.18. The SMILES string of the molecule is CN(C(=O)c1cccc(O)c1)c1cccc(-c2nnc(Nc3ccc4c(c3)C=NC4)s2)c1. The Bertz CT molecular complexity index is 1350. The Labute approximate surface area is 188 Å². The first kappa shape index (κ1) is 19.9. The summed E-state index contributed by atoms with van der Waals surface area (Å²) < 4.78 is 0. The second kappa shape index (κ2) is 8.24. The van der Waals surface area contributed by atoms with Gasteiger partial charge in [0.25, 0.3) is 5.91 Å². The van der Waals surface area contributed by atoms with Crippen molar-refractivity contribution < 1.29 is 9.90 Å². The molecule has 0 saturated heterocycles. The van der Waals surface area contributed by atoms with Gasteiger partial charge in [-0.15, -0.1) is 10.2 Å². The number of rotatable bonds is 5. The first-order chi connectivity index (χ1) is 15.6. The van der Waals surface area contributed by atoms with Gasteiger partial charge < -0.3 is 15.3 Å². The molecule has 0 bridgehead atoms. The van der Waals surface area contributed by atoms with E-state index < -0.39 is 0 Å². The lowest BCUT2D eigenvalue weighted by atomic mass is 10.1. The van der Waals surface area contributed by atoms with Crippen molar-refractivity contribution in [1.82, 2.24) is 10.2 Å². The first-order valence-corrected chi connectivity index (χ1v) is 10.8. The zero-order valence-corrected chi connectivity index (χ0v) is 18.0. The molecule has 158 valence electrons. The van der Waals surface area contributed by atoms with E-state index in [-0.39, 0.29) is 11.7 Å². The molecule has 1 aliphatic rings. The number of phenolic OH excluding ortho intramolecular Hbond substituents is 1. The Morgan fingerprint density at radius 1 is 1.06 bits per heavy atom. The maximum atomic E-state index is 12.8. The van der Waals surface area contributed by atoms with Gasteiger partial charge in [-0.2, -0.15) is 0 Å². The third kappa shape index (κ3) is 3.95. The molecule has 2 N–H and O–H groups in total. The van der Waals surface area contributed by atoms with Crippen molar-refractivity contribution in [3.05, 3.63) is 83.4 Å². The van der Waals surface area contributed by atoms with Crippen molar-refractivity contribution >= 4 is 40.0 Å². The number of phenols is 1. The molecule has 4 aromatic rings. The van der Waals surface area contributed by atoms with Gasteiger partial charge in [0, 0.05) is 35.8 Å². The highest BCUT2D eigenvalue weighted by Crippen LogP contribution is 2.31. The zero-order chi connectivity index (χ0) is 22.1. The van der Waals surface area contributed by atoms with Gasteiger partial charge >= 0.3 is 0 Å². The molecule has 32 heavy (non-hydrogen) atoms. The normalized spacial score (nSPS) is 11.9. The Morgan fingerprint density at radius 3 is 2.81 bits per heavy atom. The van der Waals surface area contributed by atoms with Crippen LogP contribution in [0.15, 0.2) is 71.7 Å². The van der Waals surface area contributed by atoms with Crippen LogP contribution in [0.4, 0.5) is 16.5 Å². The molecule has 0 radical (unpaired) electrons. The second-order valence-corrected chi connectivity index (χ2v) is 8.36. The Morgan fingerprint density at radius 2 is 1.94 bits per heavy atom. The lowest BCUT2D eigenvalue weighted by Crippen LogP contribution is -2.26. The molecule has 8 heteroatoms. The first-order valence-electron chi connectivity index (χ1n) is 9.98. The monoisotopic (exact) mass is 441 g/mol. The molecule has 0 fully saturated rings. The Hall–Kier alpha value is -4.04. The molecule has 7 nitrogen and oxygen atoms in total. The summed E-state index contributed by atoms with van der Waals surface area (Å²) in [6, 6.07) is 20.0. The van der Waals surface area contributed by atoms with Crippen molar-refractivity contribution in [2.45, 2.75) is 6.54 Å². The number of hydrogen-bond donors (Lipinski definition) is 2. The second-order valence-electron chi connectivity index (χ2n) is 7.39. The van der Waals surface area contributed by atoms with E-state index in [1.165, 1.54) is 29.0 Å². The number of aromatic nitrogens is 2. The summed E-state index contributed by atoms with van der Waals surface area (Å²) in [7, 11) is 1.70. The van der Waals surface area contributed by atoms with Gasteiger partial charge in [0.1, 0.15) is 10.8 Å². The van der Waals surface area contributed by atoms with Gasteiger partial charge in [0.05, 0.1) is 6.54 Å². The van der Waals surface area contributed by atoms with Gasteiger partial charge in [0.2, 0.25) is 5.13 Å². The molecule has 2 heterocycles. The molecule has 5 rings (SSSR count). The van der Waals surface area contributed by atoms with Crippen LogP contribution in [0.25, 0.3) is 10.6 Å². The predicted molar refractivity (Wildman–Crippen MR) is 127 cm³/mol.